The Bertz CT molecular complexity index is 529. The number of hydrogen-bond acceptors (Lipinski definition) is 7. The van der Waals surface area contributed by atoms with E-state index in [-0.39, 0.29) is 12.0 Å². The molecule has 1 aliphatic rings. The van der Waals surface area contributed by atoms with Gasteiger partial charge in [0.05, 0.1) is 25.4 Å². The summed E-state index contributed by atoms with van der Waals surface area (Å²) < 4.78 is 9.77. The summed E-state index contributed by atoms with van der Waals surface area (Å²) in [5.74, 6) is -2.03. The van der Waals surface area contributed by atoms with Gasteiger partial charge in [0.25, 0.3) is 0 Å². The Morgan fingerprint density at radius 1 is 1.39 bits per heavy atom. The highest BCUT2D eigenvalue weighted by atomic mass is 16.5. The fraction of sp³-hybridized carbons (Fsp3) is 0.500. The van der Waals surface area contributed by atoms with Crippen molar-refractivity contribution in [3.8, 4) is 0 Å². The molecule has 9 nitrogen and oxygen atoms in total. The van der Waals surface area contributed by atoms with Crippen LogP contribution in [0.4, 0.5) is 0 Å². The molecule has 0 aromatic heterocycles. The topological polar surface area (TPSA) is 139 Å². The van der Waals surface area contributed by atoms with Gasteiger partial charge >= 0.3 is 5.97 Å². The molecule has 128 valence electrons. The minimum absolute atomic E-state index is 0.0636. The maximum Gasteiger partial charge on any atom is 0.330 e. The molecule has 0 aromatic carbocycles. The summed E-state index contributed by atoms with van der Waals surface area (Å²) in [5, 5.41) is 18.8. The maximum atomic E-state index is 11.8. The van der Waals surface area contributed by atoms with Crippen molar-refractivity contribution in [2.75, 3.05) is 13.7 Å². The minimum Gasteiger partial charge on any atom is -0.466 e. The van der Waals surface area contributed by atoms with E-state index in [1.54, 1.807) is 0 Å². The fourth-order valence-electron chi connectivity index (χ4n) is 1.99. The SMILES string of the molecule is COC(=O)/C=C/C(=C/N(C(C)=O)C1CC(O)C(CO)O1)C(N)=O. The highest BCUT2D eigenvalue weighted by Crippen LogP contribution is 2.24. The molecule has 0 radical (unpaired) electrons. The van der Waals surface area contributed by atoms with E-state index in [1.165, 1.54) is 14.0 Å². The second-order valence-corrected chi connectivity index (χ2v) is 4.85. The number of carbonyl (C=O) groups excluding carboxylic acids is 3. The summed E-state index contributed by atoms with van der Waals surface area (Å²) >= 11 is 0. The van der Waals surface area contributed by atoms with Crippen LogP contribution in [0.3, 0.4) is 0 Å². The van der Waals surface area contributed by atoms with Crippen LogP contribution in [0, 0.1) is 0 Å². The summed E-state index contributed by atoms with van der Waals surface area (Å²) in [6.07, 6.45) is 0.658. The number of ether oxygens (including phenoxy) is 2. The van der Waals surface area contributed by atoms with Gasteiger partial charge in [-0.15, -0.1) is 0 Å². The molecule has 0 bridgehead atoms. The van der Waals surface area contributed by atoms with E-state index in [4.69, 9.17) is 15.6 Å². The number of carbonyl (C=O) groups is 3. The molecule has 1 rings (SSSR count). The van der Waals surface area contributed by atoms with Crippen molar-refractivity contribution in [1.29, 1.82) is 0 Å². The van der Waals surface area contributed by atoms with Gasteiger partial charge in [-0.25, -0.2) is 4.79 Å². The number of nitrogens with zero attached hydrogens (tertiary/aromatic N) is 1. The third kappa shape index (κ3) is 5.16. The Kier molecular flexibility index (Phi) is 6.89. The molecular weight excluding hydrogens is 308 g/mol. The second kappa shape index (κ2) is 8.42. The van der Waals surface area contributed by atoms with Gasteiger partial charge in [0.1, 0.15) is 12.3 Å². The van der Waals surface area contributed by atoms with Crippen molar-refractivity contribution >= 4 is 17.8 Å². The molecule has 4 N–H and O–H groups in total. The van der Waals surface area contributed by atoms with Crippen LogP contribution in [0.2, 0.25) is 0 Å². The van der Waals surface area contributed by atoms with Gasteiger partial charge in [0.2, 0.25) is 11.8 Å². The lowest BCUT2D eigenvalue weighted by Gasteiger charge is -2.24. The van der Waals surface area contributed by atoms with Crippen LogP contribution in [0.15, 0.2) is 23.9 Å². The molecule has 3 unspecified atom stereocenters. The van der Waals surface area contributed by atoms with E-state index in [9.17, 15) is 19.5 Å². The van der Waals surface area contributed by atoms with Crippen molar-refractivity contribution in [3.63, 3.8) is 0 Å². The Morgan fingerprint density at radius 3 is 2.48 bits per heavy atom. The molecule has 2 amide bonds. The first-order valence-corrected chi connectivity index (χ1v) is 6.81. The van der Waals surface area contributed by atoms with E-state index in [2.05, 4.69) is 4.74 Å². The lowest BCUT2D eigenvalue weighted by atomic mass is 10.2. The van der Waals surface area contributed by atoms with E-state index >= 15 is 0 Å². The van der Waals surface area contributed by atoms with Crippen LogP contribution in [0.1, 0.15) is 13.3 Å². The highest BCUT2D eigenvalue weighted by Gasteiger charge is 2.37. The molecular formula is C14H20N2O7. The summed E-state index contributed by atoms with van der Waals surface area (Å²) in [4.78, 5) is 35.4. The van der Waals surface area contributed by atoms with Crippen molar-refractivity contribution in [1.82, 2.24) is 4.90 Å². The molecule has 1 aliphatic heterocycles. The van der Waals surface area contributed by atoms with Gasteiger partial charge in [0.15, 0.2) is 0 Å². The van der Waals surface area contributed by atoms with Gasteiger partial charge in [-0.1, -0.05) is 0 Å². The van der Waals surface area contributed by atoms with Crippen molar-refractivity contribution in [2.45, 2.75) is 31.8 Å². The number of amides is 2. The van der Waals surface area contributed by atoms with Gasteiger partial charge < -0.3 is 25.4 Å². The van der Waals surface area contributed by atoms with Crippen molar-refractivity contribution in [3.05, 3.63) is 23.9 Å². The quantitative estimate of drug-likeness (QED) is 0.303. The largest absolute Gasteiger partial charge is 0.466 e. The smallest absolute Gasteiger partial charge is 0.330 e. The highest BCUT2D eigenvalue weighted by molar-refractivity contribution is 5.97. The second-order valence-electron chi connectivity index (χ2n) is 4.85. The van der Waals surface area contributed by atoms with Crippen LogP contribution in [0.5, 0.6) is 0 Å². The standard InChI is InChI=1S/C14H20N2O7/c1-8(18)16(12-5-10(19)11(7-17)23-12)6-9(14(15)21)3-4-13(20)22-2/h3-4,6,10-12,17,19H,5,7H2,1-2H3,(H2,15,21)/b4-3+,9-6-. The lowest BCUT2D eigenvalue weighted by Crippen LogP contribution is -2.36. The van der Waals surface area contributed by atoms with Crippen LogP contribution in [-0.2, 0) is 23.9 Å². The molecule has 0 spiro atoms. The molecule has 23 heavy (non-hydrogen) atoms. The zero-order chi connectivity index (χ0) is 17.6. The number of nitrogens with two attached hydrogens (primary N) is 1. The van der Waals surface area contributed by atoms with Gasteiger partial charge in [-0.05, 0) is 6.08 Å². The summed E-state index contributed by atoms with van der Waals surface area (Å²) in [6, 6.07) is 0. The predicted molar refractivity (Wildman–Crippen MR) is 77.3 cm³/mol. The number of primary amides is 1. The molecule has 1 heterocycles. The third-order valence-corrected chi connectivity index (χ3v) is 3.22. The Hall–Kier alpha value is -2.23. The van der Waals surface area contributed by atoms with Crippen LogP contribution in [0.25, 0.3) is 0 Å². The number of esters is 1. The Labute approximate surface area is 132 Å². The summed E-state index contributed by atoms with van der Waals surface area (Å²) in [5.41, 5.74) is 5.08. The normalized spacial score (nSPS) is 24.7. The molecule has 0 aromatic rings. The summed E-state index contributed by atoms with van der Waals surface area (Å²) in [7, 11) is 1.17. The Balaban J connectivity index is 3.03. The van der Waals surface area contributed by atoms with E-state index in [0.717, 1.165) is 23.3 Å². The number of aliphatic hydroxyl groups is 2. The third-order valence-electron chi connectivity index (χ3n) is 3.22. The molecule has 0 aliphatic carbocycles. The lowest BCUT2D eigenvalue weighted by molar-refractivity contribution is -0.138. The van der Waals surface area contributed by atoms with Gasteiger partial charge in [-0.2, -0.15) is 0 Å². The average Bonchev–Trinajstić information content (AvgIpc) is 2.86. The number of rotatable bonds is 6. The fourth-order valence-corrected chi connectivity index (χ4v) is 1.99. The van der Waals surface area contributed by atoms with Crippen molar-refractivity contribution in [2.24, 2.45) is 5.73 Å². The van der Waals surface area contributed by atoms with Crippen LogP contribution in [-0.4, -0.2) is 65.0 Å². The predicted octanol–water partition coefficient (Wildman–Crippen LogP) is -1.60. The first kappa shape index (κ1) is 18.8. The summed E-state index contributed by atoms with van der Waals surface area (Å²) in [6.45, 7) is 0.833. The van der Waals surface area contributed by atoms with E-state index in [0.29, 0.717) is 0 Å². The maximum absolute atomic E-state index is 11.8. The monoisotopic (exact) mass is 328 g/mol. The minimum atomic E-state index is -0.942. The van der Waals surface area contributed by atoms with Gasteiger partial charge in [0, 0.05) is 25.6 Å². The zero-order valence-electron chi connectivity index (χ0n) is 12.8. The van der Waals surface area contributed by atoms with Crippen LogP contribution < -0.4 is 5.73 Å². The van der Waals surface area contributed by atoms with E-state index in [1.807, 2.05) is 0 Å². The van der Waals surface area contributed by atoms with Crippen LogP contribution >= 0.6 is 0 Å². The molecule has 1 fully saturated rings. The molecule has 3 atom stereocenters. The van der Waals surface area contributed by atoms with Crippen molar-refractivity contribution < 1.29 is 34.1 Å². The Morgan fingerprint density at radius 2 is 2.04 bits per heavy atom. The molecule has 9 heteroatoms. The zero-order valence-corrected chi connectivity index (χ0v) is 12.8. The van der Waals surface area contributed by atoms with Gasteiger partial charge in [-0.3, -0.25) is 14.5 Å². The number of hydrogen-bond donors (Lipinski definition) is 3. The number of aliphatic hydroxyl groups excluding tert-OH is 2. The first-order valence-electron chi connectivity index (χ1n) is 6.81. The molecule has 0 saturated carbocycles. The number of methoxy groups -OCH3 is 1. The van der Waals surface area contributed by atoms with E-state index < -0.39 is 42.8 Å². The first-order chi connectivity index (χ1) is 10.8. The average molecular weight is 328 g/mol. The molecule has 1 saturated heterocycles.